The second-order valence-corrected chi connectivity index (χ2v) is 4.77. The standard InChI is InChI=1S/C13H19N3O3/c1-16(10-4-2-6-14-8-10)9-12(17)15-13(18)11-5-3-7-19-11/h3,5,7,10,14H,2,4,6,8-9H2,1H3,(H,15,17,18). The Bertz CT molecular complexity index is 424. The number of hydrogen-bond donors (Lipinski definition) is 2. The summed E-state index contributed by atoms with van der Waals surface area (Å²) in [6.07, 6.45) is 3.59. The van der Waals surface area contributed by atoms with Crippen LogP contribution >= 0.6 is 0 Å². The zero-order valence-electron chi connectivity index (χ0n) is 11.0. The first-order valence-electron chi connectivity index (χ1n) is 6.45. The molecule has 2 N–H and O–H groups in total. The van der Waals surface area contributed by atoms with Crippen molar-refractivity contribution in [1.82, 2.24) is 15.5 Å². The molecular weight excluding hydrogens is 246 g/mol. The van der Waals surface area contributed by atoms with Gasteiger partial charge in [-0.25, -0.2) is 0 Å². The van der Waals surface area contributed by atoms with E-state index in [2.05, 4.69) is 10.6 Å². The molecule has 1 aliphatic heterocycles. The van der Waals surface area contributed by atoms with Gasteiger partial charge in [-0.3, -0.25) is 19.8 Å². The van der Waals surface area contributed by atoms with Gasteiger partial charge in [-0.15, -0.1) is 0 Å². The molecule has 0 radical (unpaired) electrons. The highest BCUT2D eigenvalue weighted by molar-refractivity contribution is 6.03. The van der Waals surface area contributed by atoms with E-state index in [-0.39, 0.29) is 18.2 Å². The van der Waals surface area contributed by atoms with Crippen molar-refractivity contribution in [3.63, 3.8) is 0 Å². The molecule has 0 aliphatic carbocycles. The van der Waals surface area contributed by atoms with Gasteiger partial charge in [-0.05, 0) is 38.6 Å². The van der Waals surface area contributed by atoms with Gasteiger partial charge < -0.3 is 9.73 Å². The van der Waals surface area contributed by atoms with Crippen LogP contribution in [0.3, 0.4) is 0 Å². The van der Waals surface area contributed by atoms with Gasteiger partial charge in [0, 0.05) is 12.6 Å². The summed E-state index contributed by atoms with van der Waals surface area (Å²) in [5.74, 6) is -0.657. The number of amides is 2. The summed E-state index contributed by atoms with van der Waals surface area (Å²) < 4.78 is 4.93. The molecule has 2 heterocycles. The third kappa shape index (κ3) is 3.90. The fraction of sp³-hybridized carbons (Fsp3) is 0.538. The van der Waals surface area contributed by atoms with Gasteiger partial charge in [-0.1, -0.05) is 0 Å². The van der Waals surface area contributed by atoms with Crippen LogP contribution in [0.1, 0.15) is 23.4 Å². The van der Waals surface area contributed by atoms with Crippen molar-refractivity contribution in [3.8, 4) is 0 Å². The van der Waals surface area contributed by atoms with Gasteiger partial charge in [0.25, 0.3) is 5.91 Å². The largest absolute Gasteiger partial charge is 0.459 e. The third-order valence-corrected chi connectivity index (χ3v) is 3.29. The van der Waals surface area contributed by atoms with E-state index in [1.54, 1.807) is 6.07 Å². The van der Waals surface area contributed by atoms with Crippen LogP contribution in [-0.2, 0) is 4.79 Å². The van der Waals surface area contributed by atoms with Gasteiger partial charge in [0.1, 0.15) is 0 Å². The quantitative estimate of drug-likeness (QED) is 0.814. The summed E-state index contributed by atoms with van der Waals surface area (Å²) in [7, 11) is 1.90. The zero-order chi connectivity index (χ0) is 13.7. The molecule has 104 valence electrons. The summed E-state index contributed by atoms with van der Waals surface area (Å²) in [4.78, 5) is 25.4. The average Bonchev–Trinajstić information content (AvgIpc) is 2.93. The van der Waals surface area contributed by atoms with E-state index in [9.17, 15) is 9.59 Å². The lowest BCUT2D eigenvalue weighted by molar-refractivity contribution is -0.121. The molecule has 1 aromatic heterocycles. The van der Waals surface area contributed by atoms with Crippen LogP contribution < -0.4 is 10.6 Å². The van der Waals surface area contributed by atoms with Crippen LogP contribution in [0.2, 0.25) is 0 Å². The minimum atomic E-state index is -0.495. The number of imide groups is 1. The topological polar surface area (TPSA) is 74.6 Å². The van der Waals surface area contributed by atoms with Gasteiger partial charge in [0.05, 0.1) is 12.8 Å². The Morgan fingerprint density at radius 1 is 1.58 bits per heavy atom. The van der Waals surface area contributed by atoms with Crippen molar-refractivity contribution in [1.29, 1.82) is 0 Å². The number of nitrogens with one attached hydrogen (secondary N) is 2. The molecule has 0 bridgehead atoms. The number of piperidine rings is 1. The van der Waals surface area contributed by atoms with Crippen LogP contribution in [0.4, 0.5) is 0 Å². The zero-order valence-corrected chi connectivity index (χ0v) is 11.0. The molecule has 1 unspecified atom stereocenters. The lowest BCUT2D eigenvalue weighted by Crippen LogP contribution is -2.48. The normalized spacial score (nSPS) is 19.4. The Morgan fingerprint density at radius 3 is 3.05 bits per heavy atom. The Balaban J connectivity index is 1.78. The van der Waals surface area contributed by atoms with Gasteiger partial charge >= 0.3 is 0 Å². The number of rotatable bonds is 4. The fourth-order valence-electron chi connectivity index (χ4n) is 2.20. The van der Waals surface area contributed by atoms with Crippen molar-refractivity contribution >= 4 is 11.8 Å². The fourth-order valence-corrected chi connectivity index (χ4v) is 2.20. The Hall–Kier alpha value is -1.66. The first-order chi connectivity index (χ1) is 9.16. The number of hydrogen-bond acceptors (Lipinski definition) is 5. The third-order valence-electron chi connectivity index (χ3n) is 3.29. The SMILES string of the molecule is CN(CC(=O)NC(=O)c1ccco1)C1CCCNC1. The lowest BCUT2D eigenvalue weighted by atomic mass is 10.1. The van der Waals surface area contributed by atoms with Gasteiger partial charge in [-0.2, -0.15) is 0 Å². The van der Waals surface area contributed by atoms with Gasteiger partial charge in [0.2, 0.25) is 5.91 Å². The van der Waals surface area contributed by atoms with Crippen LogP contribution in [0, 0.1) is 0 Å². The van der Waals surface area contributed by atoms with Crippen molar-refractivity contribution in [2.45, 2.75) is 18.9 Å². The highest BCUT2D eigenvalue weighted by atomic mass is 16.3. The first-order valence-corrected chi connectivity index (χ1v) is 6.45. The van der Waals surface area contributed by atoms with Crippen LogP contribution in [0.15, 0.2) is 22.8 Å². The molecule has 2 rings (SSSR count). The monoisotopic (exact) mass is 265 g/mol. The summed E-state index contributed by atoms with van der Waals surface area (Å²) >= 11 is 0. The molecule has 0 saturated carbocycles. The summed E-state index contributed by atoms with van der Waals surface area (Å²) in [6.45, 7) is 2.13. The van der Waals surface area contributed by atoms with E-state index in [0.29, 0.717) is 6.04 Å². The van der Waals surface area contributed by atoms with Crippen molar-refractivity contribution < 1.29 is 14.0 Å². The van der Waals surface area contributed by atoms with E-state index in [0.717, 1.165) is 25.9 Å². The van der Waals surface area contributed by atoms with E-state index in [1.807, 2.05) is 11.9 Å². The molecule has 1 fully saturated rings. The Morgan fingerprint density at radius 2 is 2.42 bits per heavy atom. The van der Waals surface area contributed by atoms with Crippen molar-refractivity contribution in [2.24, 2.45) is 0 Å². The molecule has 0 spiro atoms. The maximum atomic E-state index is 11.8. The second kappa shape index (κ2) is 6.49. The maximum Gasteiger partial charge on any atom is 0.293 e. The van der Waals surface area contributed by atoms with Crippen molar-refractivity contribution in [2.75, 3.05) is 26.7 Å². The summed E-state index contributed by atoms with van der Waals surface area (Å²) in [5, 5.41) is 5.62. The average molecular weight is 265 g/mol. The molecular formula is C13H19N3O3. The minimum absolute atomic E-state index is 0.148. The lowest BCUT2D eigenvalue weighted by Gasteiger charge is -2.30. The first kappa shape index (κ1) is 13.8. The van der Waals surface area contributed by atoms with Crippen molar-refractivity contribution in [3.05, 3.63) is 24.2 Å². The van der Waals surface area contributed by atoms with E-state index < -0.39 is 5.91 Å². The number of nitrogens with zero attached hydrogens (tertiary/aromatic N) is 1. The smallest absolute Gasteiger partial charge is 0.293 e. The number of likely N-dealkylation sites (N-methyl/N-ethyl adjacent to an activating group) is 1. The number of furan rings is 1. The molecule has 6 nitrogen and oxygen atoms in total. The number of carbonyl (C=O) groups excluding carboxylic acids is 2. The number of carbonyl (C=O) groups is 2. The molecule has 0 aromatic carbocycles. The van der Waals surface area contributed by atoms with Crippen LogP contribution in [0.25, 0.3) is 0 Å². The molecule has 1 aromatic rings. The predicted molar refractivity (Wildman–Crippen MR) is 69.7 cm³/mol. The maximum absolute atomic E-state index is 11.8. The Kier molecular flexibility index (Phi) is 4.70. The second-order valence-electron chi connectivity index (χ2n) is 4.77. The van der Waals surface area contributed by atoms with Gasteiger partial charge in [0.15, 0.2) is 5.76 Å². The predicted octanol–water partition coefficient (Wildman–Crippen LogP) is 0.220. The summed E-state index contributed by atoms with van der Waals surface area (Å²) in [5.41, 5.74) is 0. The molecule has 1 atom stereocenters. The highest BCUT2D eigenvalue weighted by Crippen LogP contribution is 2.07. The molecule has 6 heteroatoms. The molecule has 1 saturated heterocycles. The van der Waals surface area contributed by atoms with E-state index in [1.165, 1.54) is 12.3 Å². The molecule has 19 heavy (non-hydrogen) atoms. The van der Waals surface area contributed by atoms with Crippen LogP contribution in [-0.4, -0.2) is 49.4 Å². The van der Waals surface area contributed by atoms with E-state index in [4.69, 9.17) is 4.42 Å². The molecule has 2 amide bonds. The minimum Gasteiger partial charge on any atom is -0.459 e. The van der Waals surface area contributed by atoms with Crippen LogP contribution in [0.5, 0.6) is 0 Å². The molecule has 1 aliphatic rings. The van der Waals surface area contributed by atoms with E-state index >= 15 is 0 Å². The highest BCUT2D eigenvalue weighted by Gasteiger charge is 2.21. The summed E-state index contributed by atoms with van der Waals surface area (Å²) in [6, 6.07) is 3.48. The Labute approximate surface area is 112 Å².